The fourth-order valence-corrected chi connectivity index (χ4v) is 0.884. The van der Waals surface area contributed by atoms with Gasteiger partial charge in [0.05, 0.1) is 0 Å². The van der Waals surface area contributed by atoms with Crippen LogP contribution in [0, 0.1) is 5.92 Å². The van der Waals surface area contributed by atoms with Crippen LogP contribution in [0.2, 0.25) is 0 Å². The van der Waals surface area contributed by atoms with Gasteiger partial charge in [0.2, 0.25) is 0 Å². The lowest BCUT2D eigenvalue weighted by molar-refractivity contribution is 0.456. The van der Waals surface area contributed by atoms with E-state index in [0.29, 0.717) is 5.92 Å². The third kappa shape index (κ3) is 7.81. The molecule has 14 heavy (non-hydrogen) atoms. The third-order valence-electron chi connectivity index (χ3n) is 2.05. The zero-order valence-electron chi connectivity index (χ0n) is 9.96. The average molecular weight is 193 g/mol. The van der Waals surface area contributed by atoms with Gasteiger partial charge in [-0.15, -0.1) is 0 Å². The van der Waals surface area contributed by atoms with Crippen molar-refractivity contribution in [2.75, 3.05) is 20.6 Å². The van der Waals surface area contributed by atoms with Crippen LogP contribution in [0.4, 0.5) is 0 Å². The Labute approximate surface area is 88.8 Å². The molecule has 0 bridgehead atoms. The molecule has 0 saturated carbocycles. The van der Waals surface area contributed by atoms with Crippen molar-refractivity contribution in [3.63, 3.8) is 0 Å². The van der Waals surface area contributed by atoms with Gasteiger partial charge >= 0.3 is 0 Å². The molecule has 0 heterocycles. The van der Waals surface area contributed by atoms with E-state index in [0.717, 1.165) is 13.0 Å². The summed E-state index contributed by atoms with van der Waals surface area (Å²) in [4.78, 5) is 2.14. The molecule has 0 aromatic rings. The smallest absolute Gasteiger partial charge is 0.0160 e. The molecule has 0 aliphatic carbocycles. The van der Waals surface area contributed by atoms with Gasteiger partial charge in [0, 0.05) is 6.54 Å². The Balaban J connectivity index is 3.64. The quantitative estimate of drug-likeness (QED) is 0.462. The summed E-state index contributed by atoms with van der Waals surface area (Å²) < 4.78 is 0. The predicted molar refractivity (Wildman–Crippen MR) is 65.4 cm³/mol. The van der Waals surface area contributed by atoms with E-state index in [1.807, 2.05) is 0 Å². The molecule has 0 rings (SSSR count). The maximum absolute atomic E-state index is 4.02. The van der Waals surface area contributed by atoms with E-state index in [4.69, 9.17) is 0 Å². The Morgan fingerprint density at radius 3 is 2.29 bits per heavy atom. The minimum Gasteiger partial charge on any atom is -0.306 e. The maximum Gasteiger partial charge on any atom is 0.0160 e. The van der Waals surface area contributed by atoms with Crippen LogP contribution in [0.25, 0.3) is 0 Å². The lowest BCUT2D eigenvalue weighted by Gasteiger charge is -2.04. The van der Waals surface area contributed by atoms with Crippen molar-refractivity contribution in [3.8, 4) is 0 Å². The predicted octanol–water partition coefficient (Wildman–Crippen LogP) is 3.26. The van der Waals surface area contributed by atoms with Gasteiger partial charge in [-0.05, 0) is 26.4 Å². The van der Waals surface area contributed by atoms with Crippen LogP contribution in [0.15, 0.2) is 36.5 Å². The molecule has 1 heteroatoms. The van der Waals surface area contributed by atoms with Gasteiger partial charge in [-0.25, -0.2) is 0 Å². The molecule has 0 saturated heterocycles. The number of allylic oxidation sites excluding steroid dienone is 4. The van der Waals surface area contributed by atoms with Crippen molar-refractivity contribution in [1.82, 2.24) is 4.90 Å². The molecule has 1 nitrogen and oxygen atoms in total. The van der Waals surface area contributed by atoms with Crippen LogP contribution in [-0.2, 0) is 0 Å². The van der Waals surface area contributed by atoms with Crippen LogP contribution < -0.4 is 0 Å². The van der Waals surface area contributed by atoms with E-state index < -0.39 is 0 Å². The van der Waals surface area contributed by atoms with Gasteiger partial charge in [-0.2, -0.15) is 0 Å². The van der Waals surface area contributed by atoms with Gasteiger partial charge < -0.3 is 4.90 Å². The molecular formula is C13H23N. The van der Waals surface area contributed by atoms with Gasteiger partial charge in [-0.3, -0.25) is 0 Å². The third-order valence-corrected chi connectivity index (χ3v) is 2.05. The second-order valence-electron chi connectivity index (χ2n) is 4.14. The zero-order valence-corrected chi connectivity index (χ0v) is 9.96. The molecule has 0 aliphatic heterocycles. The average Bonchev–Trinajstić information content (AvgIpc) is 2.09. The monoisotopic (exact) mass is 193 g/mol. The molecule has 0 aromatic carbocycles. The minimum absolute atomic E-state index is 0.588. The van der Waals surface area contributed by atoms with Crippen LogP contribution in [0.5, 0.6) is 0 Å². The van der Waals surface area contributed by atoms with E-state index in [1.165, 1.54) is 5.57 Å². The first-order valence-corrected chi connectivity index (χ1v) is 5.18. The largest absolute Gasteiger partial charge is 0.306 e. The summed E-state index contributed by atoms with van der Waals surface area (Å²) in [5.74, 6) is 0.588. The zero-order chi connectivity index (χ0) is 11.0. The summed E-state index contributed by atoms with van der Waals surface area (Å²) in [6, 6.07) is 0. The fraction of sp³-hybridized carbons (Fsp3) is 0.538. The van der Waals surface area contributed by atoms with E-state index in [9.17, 15) is 0 Å². The Morgan fingerprint density at radius 2 is 1.79 bits per heavy atom. The first kappa shape index (κ1) is 13.2. The number of rotatable bonds is 6. The molecule has 0 radical (unpaired) electrons. The van der Waals surface area contributed by atoms with Crippen LogP contribution in [-0.4, -0.2) is 25.5 Å². The lowest BCUT2D eigenvalue weighted by Crippen LogP contribution is -2.10. The second-order valence-corrected chi connectivity index (χ2v) is 4.14. The number of hydrogen-bond donors (Lipinski definition) is 0. The van der Waals surface area contributed by atoms with Gasteiger partial charge in [0.1, 0.15) is 0 Å². The van der Waals surface area contributed by atoms with E-state index in [-0.39, 0.29) is 0 Å². The molecule has 0 aromatic heterocycles. The summed E-state index contributed by atoms with van der Waals surface area (Å²) in [5, 5.41) is 0. The van der Waals surface area contributed by atoms with Crippen molar-refractivity contribution in [1.29, 1.82) is 0 Å². The highest BCUT2D eigenvalue weighted by Gasteiger charge is 1.95. The van der Waals surface area contributed by atoms with E-state index in [2.05, 4.69) is 63.7 Å². The van der Waals surface area contributed by atoms with Crippen molar-refractivity contribution in [2.45, 2.75) is 20.3 Å². The summed E-state index contributed by atoms with van der Waals surface area (Å²) in [7, 11) is 4.13. The molecule has 0 spiro atoms. The summed E-state index contributed by atoms with van der Waals surface area (Å²) >= 11 is 0. The topological polar surface area (TPSA) is 3.24 Å². The Kier molecular flexibility index (Phi) is 7.13. The van der Waals surface area contributed by atoms with E-state index in [1.54, 1.807) is 0 Å². The number of nitrogens with zero attached hydrogens (tertiary/aromatic N) is 1. The maximum atomic E-state index is 4.02. The molecule has 0 unspecified atom stereocenters. The van der Waals surface area contributed by atoms with Crippen LogP contribution in [0.1, 0.15) is 20.3 Å². The highest BCUT2D eigenvalue weighted by Crippen LogP contribution is 2.10. The number of hydrogen-bond acceptors (Lipinski definition) is 1. The van der Waals surface area contributed by atoms with Crippen LogP contribution in [0.3, 0.4) is 0 Å². The van der Waals surface area contributed by atoms with Gasteiger partial charge in [-0.1, -0.05) is 50.3 Å². The summed E-state index contributed by atoms with van der Waals surface area (Å²) in [5.41, 5.74) is 1.29. The van der Waals surface area contributed by atoms with Crippen molar-refractivity contribution >= 4 is 0 Å². The Hall–Kier alpha value is -0.820. The molecule has 0 fully saturated rings. The summed E-state index contributed by atoms with van der Waals surface area (Å²) in [6.07, 6.45) is 9.48. The normalized spacial score (nSPS) is 12.4. The molecule has 0 amide bonds. The van der Waals surface area contributed by atoms with Gasteiger partial charge in [0.25, 0.3) is 0 Å². The fourth-order valence-electron chi connectivity index (χ4n) is 0.884. The SMILES string of the molecule is C=C(C/C=C\C=C/CN(C)C)C(C)C. The van der Waals surface area contributed by atoms with Crippen molar-refractivity contribution < 1.29 is 0 Å². The molecule has 0 aliphatic rings. The highest BCUT2D eigenvalue weighted by molar-refractivity contribution is 5.10. The number of likely N-dealkylation sites (N-methyl/N-ethyl adjacent to an activating group) is 1. The second kappa shape index (κ2) is 7.57. The molecule has 0 N–H and O–H groups in total. The lowest BCUT2D eigenvalue weighted by atomic mass is 10.0. The van der Waals surface area contributed by atoms with Crippen LogP contribution >= 0.6 is 0 Å². The molecular weight excluding hydrogens is 170 g/mol. The standard InChI is InChI=1S/C13H23N/c1-12(2)13(3)10-8-6-7-9-11-14(4)5/h6-9,12H,3,10-11H2,1-2,4-5H3/b8-6-,9-7-. The van der Waals surface area contributed by atoms with Crippen molar-refractivity contribution in [2.24, 2.45) is 5.92 Å². The first-order chi connectivity index (χ1) is 6.54. The highest BCUT2D eigenvalue weighted by atomic mass is 15.0. The van der Waals surface area contributed by atoms with Gasteiger partial charge in [0.15, 0.2) is 0 Å². The Morgan fingerprint density at radius 1 is 1.21 bits per heavy atom. The molecule has 0 atom stereocenters. The first-order valence-electron chi connectivity index (χ1n) is 5.18. The Bertz CT molecular complexity index is 209. The minimum atomic E-state index is 0.588. The van der Waals surface area contributed by atoms with E-state index >= 15 is 0 Å². The summed E-state index contributed by atoms with van der Waals surface area (Å²) in [6.45, 7) is 9.37. The molecule has 80 valence electrons. The van der Waals surface area contributed by atoms with Crippen molar-refractivity contribution in [3.05, 3.63) is 36.5 Å².